The Hall–Kier alpha value is -2.62. The first-order valence-corrected chi connectivity index (χ1v) is 5.20. The Morgan fingerprint density at radius 3 is 2.78 bits per heavy atom. The van der Waals surface area contributed by atoms with E-state index >= 15 is 0 Å². The maximum atomic E-state index is 11.6. The Balaban J connectivity index is 3.06. The molecule has 18 heavy (non-hydrogen) atoms. The summed E-state index contributed by atoms with van der Waals surface area (Å²) in [5.74, 6) is 0. The molecule has 0 aromatic heterocycles. The van der Waals surface area contributed by atoms with E-state index in [1.807, 2.05) is 6.07 Å². The van der Waals surface area contributed by atoms with Crippen molar-refractivity contribution in [2.45, 2.75) is 6.92 Å². The van der Waals surface area contributed by atoms with Crippen LogP contribution in [0, 0.1) is 21.4 Å². The first-order chi connectivity index (χ1) is 8.49. The zero-order chi connectivity index (χ0) is 13.7. The Kier molecular flexibility index (Phi) is 4.21. The number of carbonyl (C=O) groups excluding carboxylic acids is 1. The molecule has 94 valence electrons. The van der Waals surface area contributed by atoms with Crippen LogP contribution in [0.4, 0.5) is 16.2 Å². The molecule has 0 saturated carbocycles. The van der Waals surface area contributed by atoms with Crippen molar-refractivity contribution in [1.82, 2.24) is 4.90 Å². The van der Waals surface area contributed by atoms with Gasteiger partial charge in [0.05, 0.1) is 16.6 Å². The van der Waals surface area contributed by atoms with E-state index in [2.05, 4.69) is 5.32 Å². The van der Waals surface area contributed by atoms with Crippen molar-refractivity contribution in [1.29, 1.82) is 5.26 Å². The van der Waals surface area contributed by atoms with Crippen LogP contribution in [0.15, 0.2) is 18.2 Å². The Bertz CT molecular complexity index is 522. The monoisotopic (exact) mass is 248 g/mol. The summed E-state index contributed by atoms with van der Waals surface area (Å²) in [7, 11) is 1.57. The molecule has 0 aliphatic carbocycles. The second-order valence-electron chi connectivity index (χ2n) is 3.55. The van der Waals surface area contributed by atoms with Crippen LogP contribution in [-0.2, 0) is 0 Å². The smallest absolute Gasteiger partial charge is 0.321 e. The number of rotatable bonds is 3. The van der Waals surface area contributed by atoms with Gasteiger partial charge in [-0.05, 0) is 19.1 Å². The molecule has 0 fully saturated rings. The average Bonchev–Trinajstić information content (AvgIpc) is 2.37. The van der Waals surface area contributed by atoms with E-state index in [1.165, 1.54) is 17.0 Å². The van der Waals surface area contributed by atoms with Gasteiger partial charge in [-0.25, -0.2) is 4.79 Å². The molecule has 1 rings (SSSR count). The van der Waals surface area contributed by atoms with Crippen molar-refractivity contribution in [2.24, 2.45) is 0 Å². The molecule has 1 aromatic carbocycles. The number of hydrogen-bond donors (Lipinski definition) is 1. The van der Waals surface area contributed by atoms with Gasteiger partial charge in [0.25, 0.3) is 5.69 Å². The average molecular weight is 248 g/mol. The van der Waals surface area contributed by atoms with Crippen molar-refractivity contribution < 1.29 is 9.72 Å². The van der Waals surface area contributed by atoms with E-state index < -0.39 is 11.0 Å². The molecule has 7 nitrogen and oxygen atoms in total. The maximum Gasteiger partial charge on any atom is 0.321 e. The van der Waals surface area contributed by atoms with Gasteiger partial charge in [0.15, 0.2) is 0 Å². The molecule has 0 spiro atoms. The molecule has 0 bridgehead atoms. The van der Waals surface area contributed by atoms with Gasteiger partial charge < -0.3 is 10.2 Å². The summed E-state index contributed by atoms with van der Waals surface area (Å²) < 4.78 is 0. The number of anilines is 1. The van der Waals surface area contributed by atoms with Gasteiger partial charge in [-0.1, -0.05) is 0 Å². The number of nitrogens with one attached hydrogen (secondary N) is 1. The lowest BCUT2D eigenvalue weighted by atomic mass is 10.2. The summed E-state index contributed by atoms with van der Waals surface area (Å²) in [4.78, 5) is 23.2. The molecule has 0 unspecified atom stereocenters. The number of nitriles is 1. The van der Waals surface area contributed by atoms with E-state index in [0.29, 0.717) is 6.54 Å². The van der Waals surface area contributed by atoms with Crippen molar-refractivity contribution in [3.63, 3.8) is 0 Å². The predicted molar refractivity (Wildman–Crippen MR) is 65.1 cm³/mol. The van der Waals surface area contributed by atoms with Gasteiger partial charge in [0.2, 0.25) is 0 Å². The van der Waals surface area contributed by atoms with Gasteiger partial charge in [0.1, 0.15) is 5.69 Å². The summed E-state index contributed by atoms with van der Waals surface area (Å²) in [6, 6.07) is 5.25. The van der Waals surface area contributed by atoms with E-state index in [9.17, 15) is 14.9 Å². The molecule has 0 heterocycles. The van der Waals surface area contributed by atoms with Gasteiger partial charge >= 0.3 is 6.03 Å². The molecule has 1 aromatic rings. The van der Waals surface area contributed by atoms with Crippen LogP contribution in [0.25, 0.3) is 0 Å². The van der Waals surface area contributed by atoms with Gasteiger partial charge in [-0.3, -0.25) is 10.1 Å². The van der Waals surface area contributed by atoms with E-state index in [-0.39, 0.29) is 16.9 Å². The Morgan fingerprint density at radius 2 is 2.28 bits per heavy atom. The van der Waals surface area contributed by atoms with Gasteiger partial charge in [-0.2, -0.15) is 5.26 Å². The Morgan fingerprint density at radius 1 is 1.61 bits per heavy atom. The number of carbonyl (C=O) groups is 1. The van der Waals surface area contributed by atoms with Crippen LogP contribution >= 0.6 is 0 Å². The first kappa shape index (κ1) is 13.4. The molecule has 0 saturated heterocycles. The van der Waals surface area contributed by atoms with Crippen LogP contribution in [0.5, 0.6) is 0 Å². The van der Waals surface area contributed by atoms with Crippen LogP contribution in [0.3, 0.4) is 0 Å². The second-order valence-corrected chi connectivity index (χ2v) is 3.55. The lowest BCUT2D eigenvalue weighted by Crippen LogP contribution is -2.31. The number of amides is 2. The SMILES string of the molecule is CCN(C)C(=O)Nc1ccc(C#N)cc1[N+](=O)[O-]. The number of urea groups is 1. The minimum Gasteiger partial charge on any atom is -0.328 e. The summed E-state index contributed by atoms with van der Waals surface area (Å²) in [5.41, 5.74) is -0.0558. The zero-order valence-electron chi connectivity index (χ0n) is 10.0. The highest BCUT2D eigenvalue weighted by Crippen LogP contribution is 2.25. The maximum absolute atomic E-state index is 11.6. The minimum atomic E-state index is -0.637. The van der Waals surface area contributed by atoms with Crippen LogP contribution < -0.4 is 5.32 Å². The van der Waals surface area contributed by atoms with Crippen molar-refractivity contribution in [3.8, 4) is 6.07 Å². The molecular weight excluding hydrogens is 236 g/mol. The van der Waals surface area contributed by atoms with Crippen LogP contribution in [-0.4, -0.2) is 29.4 Å². The molecule has 0 aliphatic rings. The third-order valence-corrected chi connectivity index (χ3v) is 2.39. The summed E-state index contributed by atoms with van der Waals surface area (Å²) in [6.07, 6.45) is 0. The van der Waals surface area contributed by atoms with Gasteiger partial charge in [-0.15, -0.1) is 0 Å². The fourth-order valence-corrected chi connectivity index (χ4v) is 1.21. The second kappa shape index (κ2) is 5.63. The van der Waals surface area contributed by atoms with Gasteiger partial charge in [0, 0.05) is 19.7 Å². The number of nitro groups is 1. The van der Waals surface area contributed by atoms with Crippen LogP contribution in [0.2, 0.25) is 0 Å². The molecule has 0 atom stereocenters. The molecule has 0 radical (unpaired) electrons. The third kappa shape index (κ3) is 2.95. The largest absolute Gasteiger partial charge is 0.328 e. The standard InChI is InChI=1S/C11H12N4O3/c1-3-14(2)11(16)13-9-5-4-8(7-12)6-10(9)15(17)18/h4-6H,3H2,1-2H3,(H,13,16). The first-order valence-electron chi connectivity index (χ1n) is 5.20. The highest BCUT2D eigenvalue weighted by molar-refractivity contribution is 5.91. The quantitative estimate of drug-likeness (QED) is 0.652. The highest BCUT2D eigenvalue weighted by atomic mass is 16.6. The zero-order valence-corrected chi connectivity index (χ0v) is 10.0. The summed E-state index contributed by atoms with van der Waals surface area (Å²) in [5, 5.41) is 21.9. The fourth-order valence-electron chi connectivity index (χ4n) is 1.21. The molecule has 7 heteroatoms. The summed E-state index contributed by atoms with van der Waals surface area (Å²) >= 11 is 0. The third-order valence-electron chi connectivity index (χ3n) is 2.39. The lowest BCUT2D eigenvalue weighted by molar-refractivity contribution is -0.383. The summed E-state index contributed by atoms with van der Waals surface area (Å²) in [6.45, 7) is 2.27. The topological polar surface area (TPSA) is 99.3 Å². The predicted octanol–water partition coefficient (Wildman–Crippen LogP) is 1.95. The Labute approximate surface area is 104 Å². The number of nitrogens with zero attached hydrogens (tertiary/aromatic N) is 3. The number of benzene rings is 1. The van der Waals surface area contributed by atoms with E-state index in [0.717, 1.165) is 6.07 Å². The van der Waals surface area contributed by atoms with Crippen molar-refractivity contribution >= 4 is 17.4 Å². The van der Waals surface area contributed by atoms with Crippen LogP contribution in [0.1, 0.15) is 12.5 Å². The van der Waals surface area contributed by atoms with Crippen molar-refractivity contribution in [2.75, 3.05) is 18.9 Å². The molecule has 0 aliphatic heterocycles. The molecule has 1 N–H and O–H groups in total. The molecular formula is C11H12N4O3. The van der Waals surface area contributed by atoms with E-state index in [1.54, 1.807) is 14.0 Å². The number of hydrogen-bond acceptors (Lipinski definition) is 4. The highest BCUT2D eigenvalue weighted by Gasteiger charge is 2.17. The van der Waals surface area contributed by atoms with Crippen molar-refractivity contribution in [3.05, 3.63) is 33.9 Å². The molecule has 2 amide bonds. The number of nitro benzene ring substituents is 1. The normalized spacial score (nSPS) is 9.39. The fraction of sp³-hybridized carbons (Fsp3) is 0.273. The minimum absolute atomic E-state index is 0.0734. The van der Waals surface area contributed by atoms with E-state index in [4.69, 9.17) is 5.26 Å². The lowest BCUT2D eigenvalue weighted by Gasteiger charge is -2.15.